The molecule has 2 heteroatoms. The third kappa shape index (κ3) is 2.70. The van der Waals surface area contributed by atoms with E-state index in [-0.39, 0.29) is 0 Å². The molecular weight excluding hydrogens is 258 g/mol. The fourth-order valence-corrected chi connectivity index (χ4v) is 5.56. The molecule has 0 amide bonds. The van der Waals surface area contributed by atoms with E-state index in [0.29, 0.717) is 12.2 Å². The van der Waals surface area contributed by atoms with Crippen LogP contribution >= 0.6 is 0 Å². The molecule has 21 heavy (non-hydrogen) atoms. The Kier molecular flexibility index (Phi) is 4.10. The van der Waals surface area contributed by atoms with Crippen molar-refractivity contribution >= 4 is 0 Å². The molecule has 0 N–H and O–H groups in total. The number of hydrogen-bond donors (Lipinski definition) is 0. The molecular formula is C19H31NO. The van der Waals surface area contributed by atoms with Gasteiger partial charge in [-0.2, -0.15) is 0 Å². The molecule has 5 atom stereocenters. The minimum absolute atomic E-state index is 0.527. The molecule has 2 saturated heterocycles. The van der Waals surface area contributed by atoms with Crippen LogP contribution in [0.3, 0.4) is 0 Å². The van der Waals surface area contributed by atoms with Crippen molar-refractivity contribution in [2.75, 3.05) is 20.1 Å². The first-order valence-corrected chi connectivity index (χ1v) is 9.37. The summed E-state index contributed by atoms with van der Waals surface area (Å²) in [4.78, 5) is 2.52. The highest BCUT2D eigenvalue weighted by Crippen LogP contribution is 2.48. The van der Waals surface area contributed by atoms with E-state index in [2.05, 4.69) is 18.0 Å². The van der Waals surface area contributed by atoms with Crippen LogP contribution in [0.5, 0.6) is 0 Å². The maximum absolute atomic E-state index is 6.78. The number of hydrogen-bond acceptors (Lipinski definition) is 2. The number of ether oxygens (including phenoxy) is 1. The first kappa shape index (κ1) is 14.3. The van der Waals surface area contributed by atoms with E-state index < -0.39 is 0 Å². The lowest BCUT2D eigenvalue weighted by atomic mass is 9.66. The van der Waals surface area contributed by atoms with Crippen LogP contribution in [-0.2, 0) is 4.74 Å². The zero-order valence-electron chi connectivity index (χ0n) is 13.6. The molecule has 3 fully saturated rings. The van der Waals surface area contributed by atoms with Gasteiger partial charge in [-0.05, 0) is 64.5 Å². The summed E-state index contributed by atoms with van der Waals surface area (Å²) < 4.78 is 6.78. The largest absolute Gasteiger partial charge is 0.373 e. The Labute approximate surface area is 129 Å². The van der Waals surface area contributed by atoms with E-state index in [0.717, 1.165) is 17.8 Å². The van der Waals surface area contributed by atoms with Gasteiger partial charge in [-0.15, -0.1) is 0 Å². The molecule has 0 aromatic heterocycles. The quantitative estimate of drug-likeness (QED) is 0.676. The van der Waals surface area contributed by atoms with Gasteiger partial charge in [0.15, 0.2) is 0 Å². The van der Waals surface area contributed by atoms with Gasteiger partial charge in [-0.25, -0.2) is 0 Å². The average molecular weight is 289 g/mol. The zero-order valence-corrected chi connectivity index (χ0v) is 13.6. The van der Waals surface area contributed by atoms with Crippen LogP contribution in [0.2, 0.25) is 0 Å². The molecule has 2 aliphatic heterocycles. The molecule has 2 aliphatic carbocycles. The Balaban J connectivity index is 1.58. The molecule has 0 radical (unpaired) electrons. The van der Waals surface area contributed by atoms with Gasteiger partial charge in [-0.1, -0.05) is 24.5 Å². The van der Waals surface area contributed by atoms with Crippen molar-refractivity contribution in [2.45, 2.75) is 70.0 Å². The van der Waals surface area contributed by atoms with Gasteiger partial charge in [-0.3, -0.25) is 0 Å². The number of likely N-dealkylation sites (tertiary alicyclic amines) is 1. The standard InChI is InChI=1S/C19H31NO/c1-20-12-6-7-14(13-20)19-17-10-3-2-8-15(17)16-9-4-5-11-18(16)21-19/h8,14,16-19H,2-7,9-13H2,1H3. The lowest BCUT2D eigenvalue weighted by molar-refractivity contribution is -0.134. The van der Waals surface area contributed by atoms with E-state index in [1.54, 1.807) is 0 Å². The summed E-state index contributed by atoms with van der Waals surface area (Å²) in [6, 6.07) is 0. The number of rotatable bonds is 1. The third-order valence-electron chi connectivity index (χ3n) is 6.51. The van der Waals surface area contributed by atoms with Crippen LogP contribution < -0.4 is 0 Å². The number of allylic oxidation sites excluding steroid dienone is 1. The predicted molar refractivity (Wildman–Crippen MR) is 86.3 cm³/mol. The van der Waals surface area contributed by atoms with Crippen molar-refractivity contribution in [1.82, 2.24) is 4.90 Å². The highest BCUT2D eigenvalue weighted by atomic mass is 16.5. The minimum atomic E-state index is 0.527. The van der Waals surface area contributed by atoms with Crippen LogP contribution in [-0.4, -0.2) is 37.2 Å². The second-order valence-electron chi connectivity index (χ2n) is 7.94. The Morgan fingerprint density at radius 3 is 2.76 bits per heavy atom. The molecule has 0 bridgehead atoms. The summed E-state index contributed by atoms with van der Waals surface area (Å²) in [6.07, 6.45) is 16.1. The lowest BCUT2D eigenvalue weighted by Crippen LogP contribution is -2.51. The first-order valence-electron chi connectivity index (χ1n) is 9.37. The number of fused-ring (bicyclic) bond motifs is 3. The second kappa shape index (κ2) is 6.04. The maximum Gasteiger partial charge on any atom is 0.0684 e. The summed E-state index contributed by atoms with van der Waals surface area (Å²) in [5.74, 6) is 2.31. The minimum Gasteiger partial charge on any atom is -0.373 e. The fraction of sp³-hybridized carbons (Fsp3) is 0.895. The fourth-order valence-electron chi connectivity index (χ4n) is 5.56. The highest BCUT2D eigenvalue weighted by molar-refractivity contribution is 5.21. The van der Waals surface area contributed by atoms with E-state index in [4.69, 9.17) is 4.74 Å². The van der Waals surface area contributed by atoms with Gasteiger partial charge in [0.05, 0.1) is 12.2 Å². The van der Waals surface area contributed by atoms with E-state index in [1.165, 1.54) is 70.9 Å². The maximum atomic E-state index is 6.78. The van der Waals surface area contributed by atoms with Gasteiger partial charge in [0.2, 0.25) is 0 Å². The molecule has 2 heterocycles. The Morgan fingerprint density at radius 1 is 1.00 bits per heavy atom. The predicted octanol–water partition coefficient (Wildman–Crippen LogP) is 4.01. The lowest BCUT2D eigenvalue weighted by Gasteiger charge is -2.51. The topological polar surface area (TPSA) is 12.5 Å². The Bertz CT molecular complexity index is 404. The molecule has 5 unspecified atom stereocenters. The monoisotopic (exact) mass is 289 g/mol. The van der Waals surface area contributed by atoms with Crippen molar-refractivity contribution in [3.63, 3.8) is 0 Å². The highest BCUT2D eigenvalue weighted by Gasteiger charge is 2.45. The van der Waals surface area contributed by atoms with Crippen LogP contribution in [0, 0.1) is 17.8 Å². The van der Waals surface area contributed by atoms with E-state index >= 15 is 0 Å². The Morgan fingerprint density at radius 2 is 1.86 bits per heavy atom. The van der Waals surface area contributed by atoms with Gasteiger partial charge >= 0.3 is 0 Å². The molecule has 1 saturated carbocycles. The molecule has 0 aromatic carbocycles. The van der Waals surface area contributed by atoms with Crippen LogP contribution in [0.15, 0.2) is 11.6 Å². The zero-order chi connectivity index (χ0) is 14.2. The van der Waals surface area contributed by atoms with Crippen molar-refractivity contribution in [3.8, 4) is 0 Å². The van der Waals surface area contributed by atoms with Crippen molar-refractivity contribution in [1.29, 1.82) is 0 Å². The molecule has 0 spiro atoms. The number of nitrogens with zero attached hydrogens (tertiary/aromatic N) is 1. The number of piperidine rings is 1. The molecule has 0 aromatic rings. The van der Waals surface area contributed by atoms with Gasteiger partial charge in [0, 0.05) is 18.4 Å². The second-order valence-corrected chi connectivity index (χ2v) is 7.94. The summed E-state index contributed by atoms with van der Waals surface area (Å²) in [5.41, 5.74) is 1.83. The summed E-state index contributed by atoms with van der Waals surface area (Å²) in [7, 11) is 2.29. The Hall–Kier alpha value is -0.340. The molecule has 4 rings (SSSR count). The van der Waals surface area contributed by atoms with E-state index in [9.17, 15) is 0 Å². The molecule has 4 aliphatic rings. The average Bonchev–Trinajstić information content (AvgIpc) is 2.54. The summed E-state index contributed by atoms with van der Waals surface area (Å²) in [6.45, 7) is 2.54. The van der Waals surface area contributed by atoms with Gasteiger partial charge in [0.25, 0.3) is 0 Å². The molecule has 2 nitrogen and oxygen atoms in total. The van der Waals surface area contributed by atoms with Crippen LogP contribution in [0.25, 0.3) is 0 Å². The first-order chi connectivity index (χ1) is 10.3. The summed E-state index contributed by atoms with van der Waals surface area (Å²) >= 11 is 0. The smallest absolute Gasteiger partial charge is 0.0684 e. The normalized spacial score (nSPS) is 44.6. The van der Waals surface area contributed by atoms with Gasteiger partial charge in [0.1, 0.15) is 0 Å². The van der Waals surface area contributed by atoms with Crippen LogP contribution in [0.4, 0.5) is 0 Å². The van der Waals surface area contributed by atoms with E-state index in [1.807, 2.05) is 5.57 Å². The van der Waals surface area contributed by atoms with Gasteiger partial charge < -0.3 is 9.64 Å². The van der Waals surface area contributed by atoms with Crippen molar-refractivity contribution in [2.24, 2.45) is 17.8 Å². The van der Waals surface area contributed by atoms with Crippen LogP contribution in [0.1, 0.15) is 57.8 Å². The summed E-state index contributed by atoms with van der Waals surface area (Å²) in [5, 5.41) is 0. The molecule has 118 valence electrons. The van der Waals surface area contributed by atoms with Crippen molar-refractivity contribution in [3.05, 3.63) is 11.6 Å². The SMILES string of the molecule is CN1CCCC(C2OC3CCCCC3C3=CCCCC32)C1. The third-order valence-corrected chi connectivity index (χ3v) is 6.51. The van der Waals surface area contributed by atoms with Crippen molar-refractivity contribution < 1.29 is 4.74 Å².